The third kappa shape index (κ3) is 4.19. The third-order valence-electron chi connectivity index (χ3n) is 6.68. The maximum absolute atomic E-state index is 13.3. The van der Waals surface area contributed by atoms with Gasteiger partial charge in [0.2, 0.25) is 11.8 Å². The van der Waals surface area contributed by atoms with Crippen molar-refractivity contribution in [2.24, 2.45) is 0 Å². The predicted molar refractivity (Wildman–Crippen MR) is 129 cm³/mol. The van der Waals surface area contributed by atoms with Crippen LogP contribution in [0.15, 0.2) is 61.2 Å². The molecule has 1 atom stereocenters. The lowest BCUT2D eigenvalue weighted by atomic mass is 9.98. The van der Waals surface area contributed by atoms with Crippen LogP contribution in [0.3, 0.4) is 0 Å². The van der Waals surface area contributed by atoms with Crippen LogP contribution in [0.25, 0.3) is 0 Å². The Morgan fingerprint density at radius 3 is 2.65 bits per heavy atom. The Morgan fingerprint density at radius 2 is 1.94 bits per heavy atom. The number of hydrogen-bond donors (Lipinski definition) is 0. The summed E-state index contributed by atoms with van der Waals surface area (Å²) in [5.74, 6) is -0.112. The first-order valence-electron chi connectivity index (χ1n) is 11.5. The van der Waals surface area contributed by atoms with Crippen LogP contribution in [0.5, 0.6) is 0 Å². The highest BCUT2D eigenvalue weighted by molar-refractivity contribution is 6.10. The van der Waals surface area contributed by atoms with Crippen LogP contribution >= 0.6 is 0 Å². The normalized spacial score (nSPS) is 18.8. The topological polar surface area (TPSA) is 84.7 Å². The zero-order valence-corrected chi connectivity index (χ0v) is 19.4. The second kappa shape index (κ2) is 9.52. The molecular weight excluding hydrogens is 428 g/mol. The number of para-hydroxylation sites is 1. The van der Waals surface area contributed by atoms with E-state index in [1.165, 1.54) is 0 Å². The van der Waals surface area contributed by atoms with Gasteiger partial charge in [-0.05, 0) is 49.6 Å². The molecule has 2 heterocycles. The first-order chi connectivity index (χ1) is 16.4. The van der Waals surface area contributed by atoms with E-state index in [2.05, 4.69) is 12.6 Å². The fourth-order valence-electron chi connectivity index (χ4n) is 4.90. The van der Waals surface area contributed by atoms with Crippen molar-refractivity contribution < 1.29 is 14.4 Å². The lowest BCUT2D eigenvalue weighted by molar-refractivity contribution is -0.131. The highest BCUT2D eigenvalue weighted by atomic mass is 16.2. The van der Waals surface area contributed by atoms with E-state index in [0.717, 1.165) is 5.56 Å². The Hall–Kier alpha value is -3.92. The van der Waals surface area contributed by atoms with Gasteiger partial charge in [-0.1, -0.05) is 30.3 Å². The zero-order chi connectivity index (χ0) is 24.3. The number of carbonyl (C=O) groups is 3. The lowest BCUT2D eigenvalue weighted by Gasteiger charge is -2.48. The predicted octanol–water partition coefficient (Wildman–Crippen LogP) is 3.85. The van der Waals surface area contributed by atoms with Crippen molar-refractivity contribution in [2.75, 3.05) is 18.0 Å². The second-order valence-corrected chi connectivity index (χ2v) is 8.90. The van der Waals surface area contributed by atoms with Crippen molar-refractivity contribution in [3.05, 3.63) is 77.9 Å². The number of benzene rings is 2. The van der Waals surface area contributed by atoms with Gasteiger partial charge in [0.25, 0.3) is 5.91 Å². The van der Waals surface area contributed by atoms with Crippen LogP contribution in [0, 0.1) is 11.3 Å². The molecule has 0 aromatic heterocycles. The molecule has 1 fully saturated rings. The van der Waals surface area contributed by atoms with Crippen LogP contribution in [-0.4, -0.2) is 46.3 Å². The molecule has 0 radical (unpaired) electrons. The molecule has 174 valence electrons. The number of fused-ring (bicyclic) bond motifs is 3. The Labute approximate surface area is 199 Å². The van der Waals surface area contributed by atoms with Crippen molar-refractivity contribution in [1.29, 1.82) is 5.26 Å². The molecule has 2 aromatic rings. The quantitative estimate of drug-likeness (QED) is 0.565. The molecule has 2 aliphatic rings. The van der Waals surface area contributed by atoms with Crippen molar-refractivity contribution in [3.63, 3.8) is 0 Å². The fourth-order valence-corrected chi connectivity index (χ4v) is 4.90. The van der Waals surface area contributed by atoms with Crippen molar-refractivity contribution >= 4 is 23.4 Å². The molecule has 2 aliphatic heterocycles. The smallest absolute Gasteiger partial charge is 0.257 e. The molecule has 7 heteroatoms. The van der Waals surface area contributed by atoms with E-state index in [-0.39, 0.29) is 24.1 Å². The fraction of sp³-hybridized carbons (Fsp3) is 0.333. The summed E-state index contributed by atoms with van der Waals surface area (Å²) in [5, 5.41) is 8.97. The Kier molecular flexibility index (Phi) is 6.51. The monoisotopic (exact) mass is 456 g/mol. The molecular formula is C27H28N4O3. The number of nitriles is 1. The van der Waals surface area contributed by atoms with Gasteiger partial charge in [-0.2, -0.15) is 5.26 Å². The van der Waals surface area contributed by atoms with E-state index < -0.39 is 5.66 Å². The standard InChI is InChI=1S/C27H28N4O3/c1-3-16-29(19-21-12-10-20(18-28)11-13-21)24(32)9-6-17-30-26(34)22-7-4-5-8-23(22)31-25(33)14-15-27(30,31)2/h3-5,7-8,10-13H,1,6,9,14-17,19H2,2H3. The van der Waals surface area contributed by atoms with Crippen molar-refractivity contribution in [1.82, 2.24) is 9.80 Å². The maximum atomic E-state index is 13.3. The average Bonchev–Trinajstić information content (AvgIpc) is 3.16. The number of rotatable bonds is 8. The number of hydrogen-bond acceptors (Lipinski definition) is 4. The minimum Gasteiger partial charge on any atom is -0.335 e. The molecule has 34 heavy (non-hydrogen) atoms. The first kappa shape index (κ1) is 23.2. The SMILES string of the molecule is C=CCN(Cc1ccc(C#N)cc1)C(=O)CCCN1C(=O)c2ccccc2N2C(=O)CCC12C. The summed E-state index contributed by atoms with van der Waals surface area (Å²) in [6, 6.07) is 16.5. The van der Waals surface area contributed by atoms with Crippen LogP contribution < -0.4 is 4.90 Å². The van der Waals surface area contributed by atoms with Crippen LogP contribution in [0.2, 0.25) is 0 Å². The highest BCUT2D eigenvalue weighted by Gasteiger charge is 2.52. The Morgan fingerprint density at radius 1 is 1.21 bits per heavy atom. The zero-order valence-electron chi connectivity index (χ0n) is 19.4. The summed E-state index contributed by atoms with van der Waals surface area (Å²) in [4.78, 5) is 44.2. The van der Waals surface area contributed by atoms with Gasteiger partial charge in [0.15, 0.2) is 0 Å². The minimum atomic E-state index is -0.713. The van der Waals surface area contributed by atoms with Gasteiger partial charge in [-0.15, -0.1) is 6.58 Å². The number of carbonyl (C=O) groups excluding carboxylic acids is 3. The van der Waals surface area contributed by atoms with Crippen LogP contribution in [-0.2, 0) is 16.1 Å². The maximum Gasteiger partial charge on any atom is 0.257 e. The molecule has 4 rings (SSSR count). The second-order valence-electron chi connectivity index (χ2n) is 8.90. The molecule has 0 spiro atoms. The minimum absolute atomic E-state index is 0.0168. The van der Waals surface area contributed by atoms with E-state index in [9.17, 15) is 14.4 Å². The Bertz CT molecular complexity index is 1170. The summed E-state index contributed by atoms with van der Waals surface area (Å²) >= 11 is 0. The summed E-state index contributed by atoms with van der Waals surface area (Å²) in [6.07, 6.45) is 3.42. The molecule has 0 N–H and O–H groups in total. The summed E-state index contributed by atoms with van der Waals surface area (Å²) in [5.41, 5.74) is 1.99. The van der Waals surface area contributed by atoms with Gasteiger partial charge in [-0.25, -0.2) is 0 Å². The molecule has 0 bridgehead atoms. The average molecular weight is 457 g/mol. The molecule has 3 amide bonds. The van der Waals surface area contributed by atoms with Crippen LogP contribution in [0.4, 0.5) is 5.69 Å². The first-order valence-corrected chi connectivity index (χ1v) is 11.5. The molecule has 0 aliphatic carbocycles. The number of amides is 3. The largest absolute Gasteiger partial charge is 0.335 e. The molecule has 0 saturated carbocycles. The third-order valence-corrected chi connectivity index (χ3v) is 6.68. The summed E-state index contributed by atoms with van der Waals surface area (Å²) in [6.45, 7) is 6.92. The lowest BCUT2D eigenvalue weighted by Crippen LogP contribution is -2.62. The van der Waals surface area contributed by atoms with Crippen molar-refractivity contribution in [2.45, 2.75) is 44.8 Å². The summed E-state index contributed by atoms with van der Waals surface area (Å²) < 4.78 is 0. The molecule has 1 saturated heterocycles. The van der Waals surface area contributed by atoms with E-state index in [4.69, 9.17) is 5.26 Å². The number of anilines is 1. The van der Waals surface area contributed by atoms with Gasteiger partial charge < -0.3 is 9.80 Å². The van der Waals surface area contributed by atoms with Gasteiger partial charge >= 0.3 is 0 Å². The molecule has 7 nitrogen and oxygen atoms in total. The Balaban J connectivity index is 1.44. The van der Waals surface area contributed by atoms with Crippen LogP contribution in [0.1, 0.15) is 54.1 Å². The number of nitrogens with zero attached hydrogens (tertiary/aromatic N) is 4. The van der Waals surface area contributed by atoms with Gasteiger partial charge in [0, 0.05) is 32.5 Å². The van der Waals surface area contributed by atoms with Crippen molar-refractivity contribution in [3.8, 4) is 6.07 Å². The van der Waals surface area contributed by atoms with E-state index in [1.54, 1.807) is 45.0 Å². The van der Waals surface area contributed by atoms with E-state index in [0.29, 0.717) is 55.7 Å². The van der Waals surface area contributed by atoms with Gasteiger partial charge in [-0.3, -0.25) is 19.3 Å². The molecule has 1 unspecified atom stereocenters. The highest BCUT2D eigenvalue weighted by Crippen LogP contribution is 2.44. The van der Waals surface area contributed by atoms with Gasteiger partial charge in [0.1, 0.15) is 5.66 Å². The van der Waals surface area contributed by atoms with E-state index in [1.807, 2.05) is 31.2 Å². The van der Waals surface area contributed by atoms with Gasteiger partial charge in [0.05, 0.1) is 22.9 Å². The summed E-state index contributed by atoms with van der Waals surface area (Å²) in [7, 11) is 0. The van der Waals surface area contributed by atoms with E-state index >= 15 is 0 Å². The molecule has 2 aromatic carbocycles.